The molecular formula is C20H30N4O2. The van der Waals surface area contributed by atoms with E-state index in [2.05, 4.69) is 16.0 Å². The summed E-state index contributed by atoms with van der Waals surface area (Å²) in [4.78, 5) is 27.3. The minimum absolute atomic E-state index is 0.0317. The van der Waals surface area contributed by atoms with Gasteiger partial charge in [0.15, 0.2) is 0 Å². The molecule has 0 saturated carbocycles. The minimum Gasteiger partial charge on any atom is -0.339 e. The molecule has 142 valence electrons. The van der Waals surface area contributed by atoms with Gasteiger partial charge in [-0.2, -0.15) is 0 Å². The monoisotopic (exact) mass is 358 g/mol. The van der Waals surface area contributed by atoms with Gasteiger partial charge in [0.2, 0.25) is 5.91 Å². The van der Waals surface area contributed by atoms with Crippen LogP contribution in [-0.2, 0) is 11.3 Å². The second-order valence-corrected chi connectivity index (χ2v) is 7.75. The first-order chi connectivity index (χ1) is 12.5. The molecule has 2 saturated heterocycles. The summed E-state index contributed by atoms with van der Waals surface area (Å²) in [5.74, 6) is 0.0718. The smallest absolute Gasteiger partial charge is 0.315 e. The van der Waals surface area contributed by atoms with Gasteiger partial charge < -0.3 is 20.9 Å². The highest BCUT2D eigenvalue weighted by Crippen LogP contribution is 2.21. The fourth-order valence-electron chi connectivity index (χ4n) is 3.82. The van der Waals surface area contributed by atoms with Crippen molar-refractivity contribution in [3.05, 3.63) is 35.9 Å². The van der Waals surface area contributed by atoms with Crippen molar-refractivity contribution in [2.24, 2.45) is 5.92 Å². The SMILES string of the molecule is CC(C)C(NC(=O)NCc1ccccc1)C(=O)N1CCC2CCC(C1)N2. The number of rotatable bonds is 5. The fraction of sp³-hybridized carbons (Fsp3) is 0.600. The topological polar surface area (TPSA) is 73.5 Å². The van der Waals surface area contributed by atoms with Gasteiger partial charge in [0.25, 0.3) is 0 Å². The molecule has 3 rings (SSSR count). The van der Waals surface area contributed by atoms with Crippen molar-refractivity contribution in [2.75, 3.05) is 13.1 Å². The van der Waals surface area contributed by atoms with Gasteiger partial charge in [0.1, 0.15) is 6.04 Å². The van der Waals surface area contributed by atoms with Gasteiger partial charge in [-0.1, -0.05) is 44.2 Å². The van der Waals surface area contributed by atoms with Crippen LogP contribution in [0.3, 0.4) is 0 Å². The average Bonchev–Trinajstić information content (AvgIpc) is 2.96. The van der Waals surface area contributed by atoms with Crippen LogP contribution in [0.5, 0.6) is 0 Å². The number of nitrogens with zero attached hydrogens (tertiary/aromatic N) is 1. The third kappa shape index (κ3) is 4.75. The summed E-state index contributed by atoms with van der Waals surface area (Å²) in [6.07, 6.45) is 3.33. The van der Waals surface area contributed by atoms with Crippen molar-refractivity contribution in [2.45, 2.75) is 57.8 Å². The molecule has 2 aliphatic rings. The molecule has 3 amide bonds. The second kappa shape index (κ2) is 8.54. The molecule has 2 aliphatic heterocycles. The van der Waals surface area contributed by atoms with Crippen molar-refractivity contribution in [1.29, 1.82) is 0 Å². The molecule has 2 heterocycles. The molecular weight excluding hydrogens is 328 g/mol. The number of hydrogen-bond donors (Lipinski definition) is 3. The molecule has 3 N–H and O–H groups in total. The Labute approximate surface area is 155 Å². The Kier molecular flexibility index (Phi) is 6.14. The number of amides is 3. The van der Waals surface area contributed by atoms with Gasteiger partial charge in [0.05, 0.1) is 0 Å². The zero-order chi connectivity index (χ0) is 18.5. The summed E-state index contributed by atoms with van der Waals surface area (Å²) >= 11 is 0. The largest absolute Gasteiger partial charge is 0.339 e. The quantitative estimate of drug-likeness (QED) is 0.752. The molecule has 0 spiro atoms. The number of benzene rings is 1. The van der Waals surface area contributed by atoms with Crippen LogP contribution in [0.15, 0.2) is 30.3 Å². The number of carbonyl (C=O) groups excluding carboxylic acids is 2. The highest BCUT2D eigenvalue weighted by Gasteiger charge is 2.35. The molecule has 3 unspecified atom stereocenters. The van der Waals surface area contributed by atoms with Crippen LogP contribution in [0.1, 0.15) is 38.7 Å². The number of carbonyl (C=O) groups is 2. The van der Waals surface area contributed by atoms with Crippen molar-refractivity contribution in [3.63, 3.8) is 0 Å². The number of nitrogens with one attached hydrogen (secondary N) is 3. The van der Waals surface area contributed by atoms with Gasteiger partial charge in [-0.05, 0) is 30.7 Å². The Hall–Kier alpha value is -2.08. The standard InChI is InChI=1S/C20H30N4O2/c1-14(2)18(23-20(26)21-12-15-6-4-3-5-7-15)19(25)24-11-10-16-8-9-17(13-24)22-16/h3-7,14,16-18,22H,8-13H2,1-2H3,(H2,21,23,26). The first-order valence-electron chi connectivity index (χ1n) is 9.66. The molecule has 0 aliphatic carbocycles. The van der Waals surface area contributed by atoms with Crippen molar-refractivity contribution in [3.8, 4) is 0 Å². The van der Waals surface area contributed by atoms with Crippen LogP contribution in [0.4, 0.5) is 4.79 Å². The van der Waals surface area contributed by atoms with E-state index < -0.39 is 6.04 Å². The summed E-state index contributed by atoms with van der Waals surface area (Å²) in [5.41, 5.74) is 1.03. The van der Waals surface area contributed by atoms with E-state index >= 15 is 0 Å². The number of likely N-dealkylation sites (tertiary alicyclic amines) is 1. The zero-order valence-corrected chi connectivity index (χ0v) is 15.7. The number of hydrogen-bond acceptors (Lipinski definition) is 3. The third-order valence-electron chi connectivity index (χ3n) is 5.35. The minimum atomic E-state index is -0.498. The maximum Gasteiger partial charge on any atom is 0.315 e. The lowest BCUT2D eigenvalue weighted by Crippen LogP contribution is -2.54. The highest BCUT2D eigenvalue weighted by molar-refractivity contribution is 5.87. The van der Waals surface area contributed by atoms with Crippen LogP contribution < -0.4 is 16.0 Å². The predicted octanol–water partition coefficient (Wildman–Crippen LogP) is 1.86. The number of urea groups is 1. The van der Waals surface area contributed by atoms with Gasteiger partial charge in [-0.25, -0.2) is 4.79 Å². The molecule has 1 aromatic carbocycles. The molecule has 6 heteroatoms. The van der Waals surface area contributed by atoms with Crippen LogP contribution >= 0.6 is 0 Å². The summed E-state index contributed by atoms with van der Waals surface area (Å²) in [5, 5.41) is 9.33. The van der Waals surface area contributed by atoms with E-state index in [1.54, 1.807) is 0 Å². The molecule has 6 nitrogen and oxygen atoms in total. The van der Waals surface area contributed by atoms with Gasteiger partial charge in [-0.3, -0.25) is 4.79 Å². The van der Waals surface area contributed by atoms with E-state index in [0.29, 0.717) is 18.6 Å². The Morgan fingerprint density at radius 3 is 2.62 bits per heavy atom. The first kappa shape index (κ1) is 18.7. The second-order valence-electron chi connectivity index (χ2n) is 7.75. The van der Waals surface area contributed by atoms with Gasteiger partial charge in [-0.15, -0.1) is 0 Å². The molecule has 0 aromatic heterocycles. The molecule has 2 bridgehead atoms. The average molecular weight is 358 g/mol. The summed E-state index contributed by atoms with van der Waals surface area (Å²) < 4.78 is 0. The maximum atomic E-state index is 13.0. The lowest BCUT2D eigenvalue weighted by atomic mass is 10.0. The van der Waals surface area contributed by atoms with E-state index in [4.69, 9.17) is 0 Å². The highest BCUT2D eigenvalue weighted by atomic mass is 16.2. The Balaban J connectivity index is 1.55. The maximum absolute atomic E-state index is 13.0. The van der Waals surface area contributed by atoms with Crippen molar-refractivity contribution < 1.29 is 9.59 Å². The molecule has 26 heavy (non-hydrogen) atoms. The molecule has 3 atom stereocenters. The van der Waals surface area contributed by atoms with Crippen LogP contribution in [-0.4, -0.2) is 48.1 Å². The Morgan fingerprint density at radius 2 is 1.88 bits per heavy atom. The van der Waals surface area contributed by atoms with Gasteiger partial charge >= 0.3 is 6.03 Å². The lowest BCUT2D eigenvalue weighted by molar-refractivity contribution is -0.134. The predicted molar refractivity (Wildman–Crippen MR) is 102 cm³/mol. The van der Waals surface area contributed by atoms with Crippen LogP contribution in [0.25, 0.3) is 0 Å². The normalized spacial score (nSPS) is 23.4. The first-order valence-corrected chi connectivity index (χ1v) is 9.66. The van der Waals surface area contributed by atoms with E-state index in [1.165, 1.54) is 6.42 Å². The van der Waals surface area contributed by atoms with Crippen LogP contribution in [0.2, 0.25) is 0 Å². The summed E-state index contributed by atoms with van der Waals surface area (Å²) in [6, 6.07) is 9.89. The van der Waals surface area contributed by atoms with Crippen molar-refractivity contribution >= 4 is 11.9 Å². The summed E-state index contributed by atoms with van der Waals surface area (Å²) in [6.45, 7) is 5.91. The zero-order valence-electron chi connectivity index (χ0n) is 15.7. The molecule has 1 aromatic rings. The Bertz CT molecular complexity index is 619. The fourth-order valence-corrected chi connectivity index (χ4v) is 3.82. The van der Waals surface area contributed by atoms with E-state index in [1.807, 2.05) is 49.1 Å². The van der Waals surface area contributed by atoms with Crippen LogP contribution in [0, 0.1) is 5.92 Å². The van der Waals surface area contributed by atoms with Gasteiger partial charge in [0, 0.05) is 31.7 Å². The molecule has 0 radical (unpaired) electrons. The third-order valence-corrected chi connectivity index (χ3v) is 5.35. The van der Waals surface area contributed by atoms with Crippen molar-refractivity contribution in [1.82, 2.24) is 20.9 Å². The van der Waals surface area contributed by atoms with E-state index in [9.17, 15) is 9.59 Å². The van der Waals surface area contributed by atoms with E-state index in [0.717, 1.165) is 31.5 Å². The lowest BCUT2D eigenvalue weighted by Gasteiger charge is -2.30. The molecule has 2 fully saturated rings. The summed E-state index contributed by atoms with van der Waals surface area (Å²) in [7, 11) is 0. The Morgan fingerprint density at radius 1 is 1.15 bits per heavy atom. The number of fused-ring (bicyclic) bond motifs is 2. The van der Waals surface area contributed by atoms with E-state index in [-0.39, 0.29) is 17.9 Å².